The molecule has 1 unspecified atom stereocenters. The van der Waals surface area contributed by atoms with Gasteiger partial charge in [0.1, 0.15) is 0 Å². The van der Waals surface area contributed by atoms with E-state index in [-0.39, 0.29) is 5.91 Å². The number of carbonyl (C=O) groups excluding carboxylic acids is 1. The lowest BCUT2D eigenvalue weighted by molar-refractivity contribution is 0.0954. The van der Waals surface area contributed by atoms with Crippen molar-refractivity contribution in [1.82, 2.24) is 16.0 Å². The molecule has 1 amide bonds. The van der Waals surface area contributed by atoms with Crippen LogP contribution in [0.1, 0.15) is 107 Å². The fraction of sp³-hybridized carbons (Fsp3) is 0.750. The van der Waals surface area contributed by atoms with Gasteiger partial charge in [-0.05, 0) is 108 Å². The van der Waals surface area contributed by atoms with Crippen LogP contribution < -0.4 is 16.0 Å². The van der Waals surface area contributed by atoms with Gasteiger partial charge in [-0.2, -0.15) is 0 Å². The number of aryl methyl sites for hydroxylation is 1. The summed E-state index contributed by atoms with van der Waals surface area (Å²) in [6.07, 6.45) is 13.0. The predicted molar refractivity (Wildman–Crippen MR) is 140 cm³/mol. The summed E-state index contributed by atoms with van der Waals surface area (Å²) in [6.45, 7) is 13.7. The highest BCUT2D eigenvalue weighted by Gasteiger charge is 2.16. The smallest absolute Gasteiger partial charge is 0.251 e. The Bertz CT molecular complexity index is 588. The first kappa shape index (κ1) is 28.6. The van der Waals surface area contributed by atoms with E-state index in [1.54, 1.807) is 0 Å². The van der Waals surface area contributed by atoms with Crippen molar-refractivity contribution in [3.8, 4) is 0 Å². The molecule has 0 fully saturated rings. The molecule has 0 heterocycles. The second-order valence-electron chi connectivity index (χ2n) is 9.16. The third-order valence-corrected chi connectivity index (χ3v) is 6.16. The van der Waals surface area contributed by atoms with Crippen LogP contribution in [0, 0.1) is 5.92 Å². The molecule has 3 N–H and O–H groups in total. The van der Waals surface area contributed by atoms with Crippen molar-refractivity contribution in [2.24, 2.45) is 5.92 Å². The average molecular weight is 446 g/mol. The monoisotopic (exact) mass is 445 g/mol. The van der Waals surface area contributed by atoms with Crippen LogP contribution >= 0.6 is 0 Å². The molecule has 0 bridgehead atoms. The number of rotatable bonds is 20. The molecule has 0 saturated carbocycles. The van der Waals surface area contributed by atoms with Crippen molar-refractivity contribution < 1.29 is 4.79 Å². The average Bonchev–Trinajstić information content (AvgIpc) is 2.79. The minimum absolute atomic E-state index is 0.0873. The molecule has 0 aromatic heterocycles. The number of amides is 1. The first-order chi connectivity index (χ1) is 15.7. The van der Waals surface area contributed by atoms with E-state index in [1.807, 2.05) is 6.92 Å². The maximum absolute atomic E-state index is 12.9. The highest BCUT2D eigenvalue weighted by atomic mass is 16.1. The topological polar surface area (TPSA) is 53.2 Å². The van der Waals surface area contributed by atoms with Gasteiger partial charge in [0, 0.05) is 12.1 Å². The van der Waals surface area contributed by atoms with E-state index in [1.165, 1.54) is 68.9 Å². The largest absolute Gasteiger partial charge is 0.352 e. The maximum Gasteiger partial charge on any atom is 0.251 e. The minimum Gasteiger partial charge on any atom is -0.352 e. The summed E-state index contributed by atoms with van der Waals surface area (Å²) in [7, 11) is 0. The number of unbranched alkanes of at least 4 members (excludes halogenated alkanes) is 3. The Hall–Kier alpha value is -1.39. The number of hydrogen-bond acceptors (Lipinski definition) is 3. The summed E-state index contributed by atoms with van der Waals surface area (Å²) in [6, 6.07) is 6.65. The quantitative estimate of drug-likeness (QED) is 0.219. The molecule has 0 aliphatic rings. The summed E-state index contributed by atoms with van der Waals surface area (Å²) in [5.74, 6) is 0.691. The van der Waals surface area contributed by atoms with Crippen LogP contribution in [-0.4, -0.2) is 38.6 Å². The zero-order valence-electron chi connectivity index (χ0n) is 21.5. The highest BCUT2D eigenvalue weighted by Crippen LogP contribution is 2.22. The van der Waals surface area contributed by atoms with E-state index in [4.69, 9.17) is 0 Å². The van der Waals surface area contributed by atoms with Crippen LogP contribution in [0.4, 0.5) is 0 Å². The Morgan fingerprint density at radius 1 is 0.812 bits per heavy atom. The Kier molecular flexibility index (Phi) is 17.1. The van der Waals surface area contributed by atoms with Gasteiger partial charge in [0.15, 0.2) is 0 Å². The molecule has 1 aromatic rings. The summed E-state index contributed by atoms with van der Waals surface area (Å²) in [5, 5.41) is 10.2. The van der Waals surface area contributed by atoms with E-state index in [0.717, 1.165) is 44.6 Å². The van der Waals surface area contributed by atoms with Crippen LogP contribution in [0.2, 0.25) is 0 Å². The van der Waals surface area contributed by atoms with Crippen molar-refractivity contribution in [2.45, 2.75) is 98.3 Å². The highest BCUT2D eigenvalue weighted by molar-refractivity contribution is 5.95. The van der Waals surface area contributed by atoms with Crippen LogP contribution in [0.5, 0.6) is 0 Å². The maximum atomic E-state index is 12.9. The molecule has 0 radical (unpaired) electrons. The van der Waals surface area contributed by atoms with Crippen molar-refractivity contribution in [2.75, 3.05) is 32.7 Å². The lowest BCUT2D eigenvalue weighted by Gasteiger charge is -2.20. The Balaban J connectivity index is 2.85. The van der Waals surface area contributed by atoms with Gasteiger partial charge in [0.05, 0.1) is 0 Å². The summed E-state index contributed by atoms with van der Waals surface area (Å²) in [5.41, 5.74) is 3.41. The van der Waals surface area contributed by atoms with Crippen LogP contribution in [-0.2, 0) is 12.8 Å². The summed E-state index contributed by atoms with van der Waals surface area (Å²) in [4.78, 5) is 12.9. The molecule has 4 heteroatoms. The molecule has 0 aliphatic carbocycles. The molecule has 0 aliphatic heterocycles. The van der Waals surface area contributed by atoms with Crippen LogP contribution in [0.25, 0.3) is 0 Å². The molecule has 4 nitrogen and oxygen atoms in total. The SMILES string of the molecule is CCCCCc1ccc(CC(CCCNCCC)CCNCCCC)c(C(=O)NCC)c1. The van der Waals surface area contributed by atoms with Crippen LogP contribution in [0.3, 0.4) is 0 Å². The van der Waals surface area contributed by atoms with Gasteiger partial charge in [-0.25, -0.2) is 0 Å². The van der Waals surface area contributed by atoms with Gasteiger partial charge in [-0.15, -0.1) is 0 Å². The summed E-state index contributed by atoms with van der Waals surface area (Å²) < 4.78 is 0. The molecule has 0 saturated heterocycles. The van der Waals surface area contributed by atoms with Gasteiger partial charge in [0.25, 0.3) is 5.91 Å². The van der Waals surface area contributed by atoms with Crippen molar-refractivity contribution >= 4 is 5.91 Å². The number of benzene rings is 1. The second-order valence-corrected chi connectivity index (χ2v) is 9.16. The van der Waals surface area contributed by atoms with Gasteiger partial charge >= 0.3 is 0 Å². The third-order valence-electron chi connectivity index (χ3n) is 6.16. The summed E-state index contributed by atoms with van der Waals surface area (Å²) >= 11 is 0. The minimum atomic E-state index is 0.0873. The number of nitrogens with one attached hydrogen (secondary N) is 3. The van der Waals surface area contributed by atoms with E-state index in [2.05, 4.69) is 54.9 Å². The van der Waals surface area contributed by atoms with E-state index in [9.17, 15) is 4.79 Å². The molecule has 184 valence electrons. The molecular weight excluding hydrogens is 394 g/mol. The first-order valence-electron chi connectivity index (χ1n) is 13.5. The normalized spacial score (nSPS) is 12.1. The number of hydrogen-bond donors (Lipinski definition) is 3. The lowest BCUT2D eigenvalue weighted by atomic mass is 9.88. The van der Waals surface area contributed by atoms with Crippen molar-refractivity contribution in [3.63, 3.8) is 0 Å². The van der Waals surface area contributed by atoms with Gasteiger partial charge in [-0.1, -0.05) is 52.2 Å². The molecule has 1 aromatic carbocycles. The first-order valence-corrected chi connectivity index (χ1v) is 13.5. The second kappa shape index (κ2) is 19.1. The Morgan fingerprint density at radius 2 is 1.56 bits per heavy atom. The molecule has 32 heavy (non-hydrogen) atoms. The lowest BCUT2D eigenvalue weighted by Crippen LogP contribution is -2.25. The number of carbonyl (C=O) groups is 1. The third kappa shape index (κ3) is 12.6. The van der Waals surface area contributed by atoms with E-state index < -0.39 is 0 Å². The fourth-order valence-electron chi connectivity index (χ4n) is 4.21. The predicted octanol–water partition coefficient (Wildman–Crippen LogP) is 5.89. The molecule has 1 atom stereocenters. The Labute approximate surface area is 198 Å². The van der Waals surface area contributed by atoms with Gasteiger partial charge in [-0.3, -0.25) is 4.79 Å². The van der Waals surface area contributed by atoms with Crippen molar-refractivity contribution in [1.29, 1.82) is 0 Å². The molecule has 1 rings (SSSR count). The van der Waals surface area contributed by atoms with Gasteiger partial charge < -0.3 is 16.0 Å². The molecule has 0 spiro atoms. The van der Waals surface area contributed by atoms with E-state index in [0.29, 0.717) is 12.5 Å². The zero-order valence-corrected chi connectivity index (χ0v) is 21.5. The van der Waals surface area contributed by atoms with Crippen molar-refractivity contribution in [3.05, 3.63) is 34.9 Å². The van der Waals surface area contributed by atoms with E-state index >= 15 is 0 Å². The van der Waals surface area contributed by atoms with Gasteiger partial charge in [0.2, 0.25) is 0 Å². The zero-order chi connectivity index (χ0) is 23.4. The standard InChI is InChI=1S/C28H51N3O/c1-5-9-11-13-24-15-16-26(27(23-24)28(32)31-8-4)22-25(14-12-20-29-18-7-3)17-21-30-19-10-6-2/h15-16,23,25,29-30H,5-14,17-22H2,1-4H3,(H,31,32). The Morgan fingerprint density at radius 3 is 2.28 bits per heavy atom. The van der Waals surface area contributed by atoms with Crippen LogP contribution in [0.15, 0.2) is 18.2 Å². The molecular formula is C28H51N3O. The fourth-order valence-corrected chi connectivity index (χ4v) is 4.21.